The molecule has 1 spiro atoms. The minimum atomic E-state index is -0.647. The van der Waals surface area contributed by atoms with Crippen molar-refractivity contribution < 1.29 is 9.13 Å². The minimum Gasteiger partial charge on any atom is -0.457 e. The molecular weight excluding hydrogens is 724 g/mol. The zero-order valence-corrected chi connectivity index (χ0v) is 31.9. The molecule has 0 amide bonds. The molecule has 1 atom stereocenters. The largest absolute Gasteiger partial charge is 0.457 e. The summed E-state index contributed by atoms with van der Waals surface area (Å²) in [4.78, 5) is 2.37. The molecule has 10 aromatic rings. The van der Waals surface area contributed by atoms with Crippen molar-refractivity contribution in [3.05, 3.63) is 240 Å². The summed E-state index contributed by atoms with van der Waals surface area (Å²) in [5.41, 5.74) is 15.0. The Kier molecular flexibility index (Phi) is 7.32. The van der Waals surface area contributed by atoms with Gasteiger partial charge in [0.1, 0.15) is 17.3 Å². The normalized spacial score (nSPS) is 14.7. The molecule has 278 valence electrons. The van der Waals surface area contributed by atoms with Crippen molar-refractivity contribution in [3.8, 4) is 39.4 Å². The fraction of sp³-hybridized carbons (Fsp3) is 0.0182. The van der Waals surface area contributed by atoms with Gasteiger partial charge in [-0.05, 0) is 124 Å². The Morgan fingerprint density at radius 1 is 0.407 bits per heavy atom. The number of rotatable bonds is 5. The molecule has 1 aliphatic carbocycles. The summed E-state index contributed by atoms with van der Waals surface area (Å²) in [6, 6.07) is 74.2. The van der Waals surface area contributed by atoms with Gasteiger partial charge in [-0.25, -0.2) is 4.39 Å². The zero-order chi connectivity index (χ0) is 39.1. The van der Waals surface area contributed by atoms with Crippen molar-refractivity contribution in [1.29, 1.82) is 0 Å². The highest BCUT2D eigenvalue weighted by Gasteiger charge is 2.51. The Morgan fingerprint density at radius 3 is 1.90 bits per heavy atom. The standard InChI is InChI=1S/C55H35FN2O/c56-38-24-26-40(27-25-38)58-51-21-11-8-18-45(51)46-34-41(29-31-52(46)58)57(39-15-5-2-6-16-39)42-28-30-44-43-17-7-9-19-47(43)55(49(44)35-42)48-20-10-12-22-53(48)59-54-32-23-37(33-50(54)55)36-13-3-1-4-14-36/h1-35H. The Bertz CT molecular complexity index is 3260. The second-order valence-corrected chi connectivity index (χ2v) is 15.4. The van der Waals surface area contributed by atoms with Crippen LogP contribution in [-0.4, -0.2) is 4.57 Å². The van der Waals surface area contributed by atoms with Gasteiger partial charge in [0.15, 0.2) is 0 Å². The summed E-state index contributed by atoms with van der Waals surface area (Å²) in [5, 5.41) is 2.25. The number of anilines is 3. The summed E-state index contributed by atoms with van der Waals surface area (Å²) >= 11 is 0. The lowest BCUT2D eigenvalue weighted by atomic mass is 9.65. The number of halogens is 1. The Morgan fingerprint density at radius 2 is 1.05 bits per heavy atom. The molecule has 9 aromatic carbocycles. The van der Waals surface area contributed by atoms with Crippen LogP contribution in [0.2, 0.25) is 0 Å². The first-order valence-corrected chi connectivity index (χ1v) is 20.0. The van der Waals surface area contributed by atoms with E-state index in [4.69, 9.17) is 4.74 Å². The lowest BCUT2D eigenvalue weighted by molar-refractivity contribution is 0.436. The van der Waals surface area contributed by atoms with Gasteiger partial charge >= 0.3 is 0 Å². The first-order valence-electron chi connectivity index (χ1n) is 20.0. The highest BCUT2D eigenvalue weighted by molar-refractivity contribution is 6.10. The maximum absolute atomic E-state index is 14.1. The molecule has 0 saturated carbocycles. The summed E-state index contributed by atoms with van der Waals surface area (Å²) in [6.07, 6.45) is 0. The molecule has 59 heavy (non-hydrogen) atoms. The van der Waals surface area contributed by atoms with E-state index in [1.165, 1.54) is 34.4 Å². The molecule has 1 aromatic heterocycles. The van der Waals surface area contributed by atoms with E-state index in [1.807, 2.05) is 12.1 Å². The van der Waals surface area contributed by atoms with Crippen molar-refractivity contribution in [2.75, 3.05) is 4.90 Å². The SMILES string of the molecule is Fc1ccc(-n2c3ccccc3c3cc(N(c4ccccc4)c4ccc5c(c4)C4(c6ccccc6Oc6ccc(-c7ccccc7)cc64)c4ccccc4-5)ccc32)cc1. The molecule has 0 N–H and O–H groups in total. The smallest absolute Gasteiger partial charge is 0.132 e. The highest BCUT2D eigenvalue weighted by Crippen LogP contribution is 2.63. The molecule has 2 heterocycles. The minimum absolute atomic E-state index is 0.251. The van der Waals surface area contributed by atoms with Crippen molar-refractivity contribution in [1.82, 2.24) is 4.57 Å². The average molecular weight is 759 g/mol. The van der Waals surface area contributed by atoms with Gasteiger partial charge in [-0.15, -0.1) is 0 Å². The summed E-state index contributed by atoms with van der Waals surface area (Å²) in [5.74, 6) is 1.47. The maximum atomic E-state index is 14.1. The van der Waals surface area contributed by atoms with Crippen LogP contribution in [0.4, 0.5) is 21.5 Å². The van der Waals surface area contributed by atoms with Crippen LogP contribution < -0.4 is 9.64 Å². The lowest BCUT2D eigenvalue weighted by Gasteiger charge is -2.40. The topological polar surface area (TPSA) is 17.4 Å². The third kappa shape index (κ3) is 4.93. The number of fused-ring (bicyclic) bond motifs is 12. The number of nitrogens with zero attached hydrogens (tertiary/aromatic N) is 2. The fourth-order valence-electron chi connectivity index (χ4n) is 9.83. The maximum Gasteiger partial charge on any atom is 0.132 e. The third-order valence-corrected chi connectivity index (χ3v) is 12.3. The first kappa shape index (κ1) is 33.4. The van der Waals surface area contributed by atoms with Crippen molar-refractivity contribution in [2.24, 2.45) is 0 Å². The molecule has 12 rings (SSSR count). The van der Waals surface area contributed by atoms with Gasteiger partial charge in [0.2, 0.25) is 0 Å². The van der Waals surface area contributed by atoms with E-state index in [-0.39, 0.29) is 5.82 Å². The van der Waals surface area contributed by atoms with Crippen LogP contribution in [0.15, 0.2) is 212 Å². The summed E-state index contributed by atoms with van der Waals surface area (Å²) in [7, 11) is 0. The molecule has 0 radical (unpaired) electrons. The van der Waals surface area contributed by atoms with Gasteiger partial charge in [-0.1, -0.05) is 121 Å². The van der Waals surface area contributed by atoms with E-state index in [9.17, 15) is 4.39 Å². The van der Waals surface area contributed by atoms with Crippen LogP contribution in [0.5, 0.6) is 11.5 Å². The van der Waals surface area contributed by atoms with E-state index in [0.29, 0.717) is 0 Å². The predicted octanol–water partition coefficient (Wildman–Crippen LogP) is 14.5. The van der Waals surface area contributed by atoms with Gasteiger partial charge < -0.3 is 14.2 Å². The molecular formula is C55H35FN2O. The Hall–Kier alpha value is -7.69. The number of aromatic nitrogens is 1. The number of hydrogen-bond acceptors (Lipinski definition) is 2. The molecule has 1 unspecified atom stereocenters. The van der Waals surface area contributed by atoms with E-state index >= 15 is 0 Å². The van der Waals surface area contributed by atoms with Crippen LogP contribution in [0.3, 0.4) is 0 Å². The Labute approximate surface area is 341 Å². The second kappa shape index (κ2) is 12.9. The molecule has 4 heteroatoms. The zero-order valence-electron chi connectivity index (χ0n) is 31.9. The van der Waals surface area contributed by atoms with E-state index < -0.39 is 5.41 Å². The van der Waals surface area contributed by atoms with Crippen LogP contribution in [0, 0.1) is 5.82 Å². The molecule has 3 nitrogen and oxygen atoms in total. The molecule has 0 bridgehead atoms. The number of benzene rings is 9. The van der Waals surface area contributed by atoms with Gasteiger partial charge in [0.05, 0.1) is 16.4 Å². The predicted molar refractivity (Wildman–Crippen MR) is 238 cm³/mol. The van der Waals surface area contributed by atoms with Gasteiger partial charge in [0, 0.05) is 44.6 Å². The van der Waals surface area contributed by atoms with Crippen molar-refractivity contribution >= 4 is 38.9 Å². The summed E-state index contributed by atoms with van der Waals surface area (Å²) in [6.45, 7) is 0. The average Bonchev–Trinajstić information content (AvgIpc) is 3.78. The van der Waals surface area contributed by atoms with Crippen molar-refractivity contribution in [2.45, 2.75) is 5.41 Å². The number of ether oxygens (including phenoxy) is 1. The van der Waals surface area contributed by atoms with Gasteiger partial charge in [-0.2, -0.15) is 0 Å². The lowest BCUT2D eigenvalue weighted by Crippen LogP contribution is -2.32. The molecule has 2 aliphatic rings. The Balaban J connectivity index is 1.11. The summed E-state index contributed by atoms with van der Waals surface area (Å²) < 4.78 is 23.1. The molecule has 1 aliphatic heterocycles. The van der Waals surface area contributed by atoms with E-state index in [0.717, 1.165) is 78.3 Å². The number of hydrogen-bond donors (Lipinski definition) is 0. The van der Waals surface area contributed by atoms with Crippen LogP contribution in [0.25, 0.3) is 49.7 Å². The van der Waals surface area contributed by atoms with Gasteiger partial charge in [0.25, 0.3) is 0 Å². The van der Waals surface area contributed by atoms with Gasteiger partial charge in [-0.3, -0.25) is 0 Å². The van der Waals surface area contributed by atoms with Crippen LogP contribution in [0.1, 0.15) is 22.3 Å². The van der Waals surface area contributed by atoms with E-state index in [1.54, 1.807) is 0 Å². The molecule has 0 saturated heterocycles. The fourth-order valence-corrected chi connectivity index (χ4v) is 9.83. The van der Waals surface area contributed by atoms with E-state index in [2.05, 4.69) is 198 Å². The van der Waals surface area contributed by atoms with Crippen LogP contribution >= 0.6 is 0 Å². The molecule has 0 fully saturated rings. The highest BCUT2D eigenvalue weighted by atomic mass is 19.1. The second-order valence-electron chi connectivity index (χ2n) is 15.4. The van der Waals surface area contributed by atoms with Crippen molar-refractivity contribution in [3.63, 3.8) is 0 Å². The van der Waals surface area contributed by atoms with Crippen LogP contribution in [-0.2, 0) is 5.41 Å². The first-order chi connectivity index (χ1) is 29.2. The number of para-hydroxylation sites is 3. The quantitative estimate of drug-likeness (QED) is 0.174. The third-order valence-electron chi connectivity index (χ3n) is 12.3. The monoisotopic (exact) mass is 758 g/mol.